The van der Waals surface area contributed by atoms with E-state index in [1.807, 2.05) is 4.90 Å². The van der Waals surface area contributed by atoms with Crippen molar-refractivity contribution in [1.29, 1.82) is 0 Å². The molecule has 1 spiro atoms. The number of aliphatic hydroxyl groups is 1. The van der Waals surface area contributed by atoms with Gasteiger partial charge in [-0.2, -0.15) is 0 Å². The molecule has 3 heterocycles. The lowest BCUT2D eigenvalue weighted by molar-refractivity contribution is -0.136. The number of nitrogens with zero attached hydrogens (tertiary/aromatic N) is 3. The molecule has 4 rings (SSSR count). The molecule has 0 aliphatic carbocycles. The van der Waals surface area contributed by atoms with Gasteiger partial charge in [0, 0.05) is 58.3 Å². The van der Waals surface area contributed by atoms with Gasteiger partial charge in [0.1, 0.15) is 0 Å². The Morgan fingerprint density at radius 2 is 1.79 bits per heavy atom. The Morgan fingerprint density at radius 1 is 1.07 bits per heavy atom. The molecule has 3 aliphatic heterocycles. The molecule has 0 saturated carbocycles. The number of hydrogen-bond donors (Lipinski definition) is 1. The second-order valence-corrected chi connectivity index (χ2v) is 8.67. The van der Waals surface area contributed by atoms with Crippen molar-refractivity contribution in [2.45, 2.75) is 19.4 Å². The Morgan fingerprint density at radius 3 is 2.46 bits per heavy atom. The summed E-state index contributed by atoms with van der Waals surface area (Å²) in [6.45, 7) is 8.47. The van der Waals surface area contributed by atoms with Crippen molar-refractivity contribution in [3.05, 3.63) is 35.9 Å². The van der Waals surface area contributed by atoms with Gasteiger partial charge < -0.3 is 14.7 Å². The minimum atomic E-state index is 0.152. The van der Waals surface area contributed by atoms with Gasteiger partial charge >= 0.3 is 0 Å². The number of carbonyl (C=O) groups is 1. The SMILES string of the molecule is O=C(CN1CCOCC1)N1CCC2(CC1)CN(Cc1ccccc1)CC2CO. The van der Waals surface area contributed by atoms with Crippen molar-refractivity contribution < 1.29 is 14.6 Å². The molecule has 1 N–H and O–H groups in total. The highest BCUT2D eigenvalue weighted by Gasteiger charge is 2.47. The summed E-state index contributed by atoms with van der Waals surface area (Å²) in [5.74, 6) is 0.559. The van der Waals surface area contributed by atoms with E-state index < -0.39 is 0 Å². The largest absolute Gasteiger partial charge is 0.396 e. The van der Waals surface area contributed by atoms with Crippen molar-refractivity contribution >= 4 is 5.91 Å². The Hall–Kier alpha value is -1.47. The van der Waals surface area contributed by atoms with Crippen LogP contribution in [0.4, 0.5) is 0 Å². The fourth-order valence-electron chi connectivity index (χ4n) is 5.18. The molecular weight excluding hydrogens is 354 g/mol. The lowest BCUT2D eigenvalue weighted by Gasteiger charge is -2.43. The van der Waals surface area contributed by atoms with Crippen LogP contribution in [-0.4, -0.2) is 91.3 Å². The molecule has 1 amide bonds. The number of morpholine rings is 1. The quantitative estimate of drug-likeness (QED) is 0.819. The first-order valence-corrected chi connectivity index (χ1v) is 10.6. The summed E-state index contributed by atoms with van der Waals surface area (Å²) in [5, 5.41) is 10.0. The van der Waals surface area contributed by atoms with Crippen LogP contribution < -0.4 is 0 Å². The summed E-state index contributed by atoms with van der Waals surface area (Å²) in [7, 11) is 0. The second-order valence-electron chi connectivity index (χ2n) is 8.67. The van der Waals surface area contributed by atoms with Crippen LogP contribution in [0.25, 0.3) is 0 Å². The van der Waals surface area contributed by atoms with Crippen LogP contribution in [-0.2, 0) is 16.1 Å². The Balaban J connectivity index is 1.32. The van der Waals surface area contributed by atoms with Crippen molar-refractivity contribution in [1.82, 2.24) is 14.7 Å². The molecule has 0 radical (unpaired) electrons. The first-order valence-electron chi connectivity index (χ1n) is 10.6. The summed E-state index contributed by atoms with van der Waals surface area (Å²) in [5.41, 5.74) is 1.48. The number of amides is 1. The molecular formula is C22H33N3O3. The maximum absolute atomic E-state index is 12.7. The van der Waals surface area contributed by atoms with E-state index in [4.69, 9.17) is 4.74 Å². The van der Waals surface area contributed by atoms with Crippen LogP contribution in [0, 0.1) is 11.3 Å². The molecule has 0 aromatic heterocycles. The molecule has 1 aromatic rings. The maximum atomic E-state index is 12.7. The second kappa shape index (κ2) is 8.91. The molecule has 3 aliphatic rings. The molecule has 6 nitrogen and oxygen atoms in total. The zero-order chi connectivity index (χ0) is 19.4. The van der Waals surface area contributed by atoms with Gasteiger partial charge in [0.2, 0.25) is 5.91 Å². The van der Waals surface area contributed by atoms with Crippen molar-refractivity contribution in [3.8, 4) is 0 Å². The smallest absolute Gasteiger partial charge is 0.236 e. The van der Waals surface area contributed by atoms with Crippen LogP contribution in [0.2, 0.25) is 0 Å². The fraction of sp³-hybridized carbons (Fsp3) is 0.682. The fourth-order valence-corrected chi connectivity index (χ4v) is 5.18. The predicted octanol–water partition coefficient (Wildman–Crippen LogP) is 1.05. The molecule has 0 bridgehead atoms. The summed E-state index contributed by atoms with van der Waals surface area (Å²) < 4.78 is 5.37. The summed E-state index contributed by atoms with van der Waals surface area (Å²) in [4.78, 5) is 19.4. The third-order valence-electron chi connectivity index (χ3n) is 6.93. The Kier molecular flexibility index (Phi) is 6.31. The van der Waals surface area contributed by atoms with Gasteiger partial charge in [0.25, 0.3) is 0 Å². The van der Waals surface area contributed by atoms with Gasteiger partial charge in [-0.25, -0.2) is 0 Å². The number of hydrogen-bond acceptors (Lipinski definition) is 5. The van der Waals surface area contributed by atoms with Crippen molar-refractivity contribution in [2.75, 3.05) is 65.6 Å². The Labute approximate surface area is 168 Å². The highest BCUT2D eigenvalue weighted by molar-refractivity contribution is 5.78. The zero-order valence-electron chi connectivity index (χ0n) is 16.8. The molecule has 1 atom stereocenters. The van der Waals surface area contributed by atoms with Crippen LogP contribution in [0.3, 0.4) is 0 Å². The van der Waals surface area contributed by atoms with Crippen molar-refractivity contribution in [3.63, 3.8) is 0 Å². The van der Waals surface area contributed by atoms with Gasteiger partial charge in [0.15, 0.2) is 0 Å². The third kappa shape index (κ3) is 4.40. The molecule has 1 aromatic carbocycles. The zero-order valence-corrected chi connectivity index (χ0v) is 16.8. The topological polar surface area (TPSA) is 56.2 Å². The molecule has 6 heteroatoms. The van der Waals surface area contributed by atoms with E-state index >= 15 is 0 Å². The minimum absolute atomic E-state index is 0.152. The molecule has 3 fully saturated rings. The van der Waals surface area contributed by atoms with E-state index in [-0.39, 0.29) is 17.9 Å². The number of ether oxygens (including phenoxy) is 1. The monoisotopic (exact) mass is 387 g/mol. The number of likely N-dealkylation sites (tertiary alicyclic amines) is 2. The van der Waals surface area contributed by atoms with Crippen LogP contribution in [0.5, 0.6) is 0 Å². The van der Waals surface area contributed by atoms with E-state index in [1.165, 1.54) is 5.56 Å². The highest BCUT2D eigenvalue weighted by Crippen LogP contribution is 2.44. The average molecular weight is 388 g/mol. The van der Waals surface area contributed by atoms with Crippen LogP contribution >= 0.6 is 0 Å². The Bertz CT molecular complexity index is 640. The van der Waals surface area contributed by atoms with Gasteiger partial charge in [-0.15, -0.1) is 0 Å². The summed E-state index contributed by atoms with van der Waals surface area (Å²) >= 11 is 0. The summed E-state index contributed by atoms with van der Waals surface area (Å²) in [6, 6.07) is 10.6. The first-order chi connectivity index (χ1) is 13.7. The molecule has 3 saturated heterocycles. The standard InChI is InChI=1S/C22H33N3O3/c26-17-20-15-24(14-19-4-2-1-3-5-19)18-22(20)6-8-25(9-7-22)21(27)16-23-10-12-28-13-11-23/h1-5,20,26H,6-18H2. The van der Waals surface area contributed by atoms with E-state index in [0.717, 1.165) is 71.9 Å². The lowest BCUT2D eigenvalue weighted by atomic mass is 9.71. The predicted molar refractivity (Wildman–Crippen MR) is 108 cm³/mol. The maximum Gasteiger partial charge on any atom is 0.236 e. The van der Waals surface area contributed by atoms with E-state index in [0.29, 0.717) is 12.5 Å². The highest BCUT2D eigenvalue weighted by atomic mass is 16.5. The van der Waals surface area contributed by atoms with Gasteiger partial charge in [0.05, 0.1) is 19.8 Å². The first kappa shape index (κ1) is 19.8. The summed E-state index contributed by atoms with van der Waals surface area (Å²) in [6.07, 6.45) is 2.00. The number of rotatable bonds is 5. The van der Waals surface area contributed by atoms with Crippen LogP contribution in [0.1, 0.15) is 18.4 Å². The molecule has 1 unspecified atom stereocenters. The van der Waals surface area contributed by atoms with Crippen LogP contribution in [0.15, 0.2) is 30.3 Å². The number of aliphatic hydroxyl groups excluding tert-OH is 1. The van der Waals surface area contributed by atoms with Gasteiger partial charge in [-0.1, -0.05) is 30.3 Å². The normalized spacial score (nSPS) is 26.0. The number of benzene rings is 1. The van der Waals surface area contributed by atoms with E-state index in [1.54, 1.807) is 0 Å². The molecule has 154 valence electrons. The van der Waals surface area contributed by atoms with Crippen molar-refractivity contribution in [2.24, 2.45) is 11.3 Å². The van der Waals surface area contributed by atoms with E-state index in [2.05, 4.69) is 40.1 Å². The average Bonchev–Trinajstić information content (AvgIpc) is 3.06. The van der Waals surface area contributed by atoms with Gasteiger partial charge in [-0.05, 0) is 23.8 Å². The number of piperidine rings is 1. The lowest BCUT2D eigenvalue weighted by Crippen LogP contribution is -2.50. The van der Waals surface area contributed by atoms with E-state index in [9.17, 15) is 9.90 Å². The number of carbonyl (C=O) groups excluding carboxylic acids is 1. The minimum Gasteiger partial charge on any atom is -0.396 e. The molecule has 28 heavy (non-hydrogen) atoms. The third-order valence-corrected chi connectivity index (χ3v) is 6.93. The van der Waals surface area contributed by atoms with Gasteiger partial charge in [-0.3, -0.25) is 14.6 Å².